The first-order chi connectivity index (χ1) is 10.7. The predicted octanol–water partition coefficient (Wildman–Crippen LogP) is 1.74. The molecule has 1 N–H and O–H groups in total. The zero-order chi connectivity index (χ0) is 15.8. The number of thioether (sulfide) groups is 1. The topological polar surface area (TPSA) is 85.6 Å². The standard InChI is InChI=1S/C14H20N6OS/c1-3-4-7-12(11-6-5-8-15-9-11)16-13(21)10-22-14-17-18-19-20(14)2/h5-6,8-9,12H,3-4,7,10H2,1-2H3,(H,16,21). The highest BCUT2D eigenvalue weighted by atomic mass is 32.2. The van der Waals surface area contributed by atoms with Crippen LogP contribution in [0.25, 0.3) is 0 Å². The normalized spacial score (nSPS) is 12.1. The Bertz CT molecular complexity index is 588. The van der Waals surface area contributed by atoms with Crippen molar-refractivity contribution in [3.05, 3.63) is 30.1 Å². The van der Waals surface area contributed by atoms with Gasteiger partial charge in [0, 0.05) is 19.4 Å². The Hall–Kier alpha value is -1.96. The van der Waals surface area contributed by atoms with Crippen LogP contribution in [0.4, 0.5) is 0 Å². The van der Waals surface area contributed by atoms with Crippen LogP contribution in [0.5, 0.6) is 0 Å². The van der Waals surface area contributed by atoms with Crippen molar-refractivity contribution in [3.63, 3.8) is 0 Å². The molecule has 8 heteroatoms. The molecule has 7 nitrogen and oxygen atoms in total. The average Bonchev–Trinajstić information content (AvgIpc) is 2.95. The Morgan fingerprint density at radius 3 is 3.00 bits per heavy atom. The second kappa shape index (κ2) is 8.47. The maximum Gasteiger partial charge on any atom is 0.230 e. The number of amides is 1. The van der Waals surface area contributed by atoms with Crippen LogP contribution in [0, 0.1) is 0 Å². The summed E-state index contributed by atoms with van der Waals surface area (Å²) in [5.41, 5.74) is 1.04. The van der Waals surface area contributed by atoms with E-state index in [1.807, 2.05) is 12.1 Å². The second-order valence-corrected chi connectivity index (χ2v) is 5.86. The monoisotopic (exact) mass is 320 g/mol. The van der Waals surface area contributed by atoms with Crippen LogP contribution in [0.1, 0.15) is 37.8 Å². The quantitative estimate of drug-likeness (QED) is 0.746. The molecule has 118 valence electrons. The van der Waals surface area contributed by atoms with E-state index in [1.165, 1.54) is 11.8 Å². The van der Waals surface area contributed by atoms with Gasteiger partial charge in [0.25, 0.3) is 0 Å². The van der Waals surface area contributed by atoms with Crippen molar-refractivity contribution < 1.29 is 4.79 Å². The molecule has 0 saturated carbocycles. The van der Waals surface area contributed by atoms with Crippen LogP contribution in [0.3, 0.4) is 0 Å². The molecule has 0 spiro atoms. The van der Waals surface area contributed by atoms with E-state index in [-0.39, 0.29) is 17.7 Å². The number of nitrogens with one attached hydrogen (secondary N) is 1. The van der Waals surface area contributed by atoms with Crippen molar-refractivity contribution in [2.24, 2.45) is 7.05 Å². The van der Waals surface area contributed by atoms with E-state index >= 15 is 0 Å². The van der Waals surface area contributed by atoms with Crippen molar-refractivity contribution in [1.29, 1.82) is 0 Å². The van der Waals surface area contributed by atoms with Gasteiger partial charge in [-0.25, -0.2) is 4.68 Å². The molecule has 0 radical (unpaired) electrons. The first-order valence-electron chi connectivity index (χ1n) is 7.25. The van der Waals surface area contributed by atoms with Gasteiger partial charge in [-0.3, -0.25) is 9.78 Å². The molecule has 2 aromatic rings. The van der Waals surface area contributed by atoms with Crippen molar-refractivity contribution in [2.75, 3.05) is 5.75 Å². The molecule has 0 aliphatic heterocycles. The number of tetrazole rings is 1. The molecule has 2 heterocycles. The fourth-order valence-corrected chi connectivity index (χ4v) is 2.68. The van der Waals surface area contributed by atoms with Crippen LogP contribution >= 0.6 is 11.8 Å². The molecule has 1 atom stereocenters. The van der Waals surface area contributed by atoms with E-state index < -0.39 is 0 Å². The van der Waals surface area contributed by atoms with Gasteiger partial charge in [-0.15, -0.1) is 5.10 Å². The van der Waals surface area contributed by atoms with Gasteiger partial charge >= 0.3 is 0 Å². The summed E-state index contributed by atoms with van der Waals surface area (Å²) in [5.74, 6) is 0.259. The van der Waals surface area contributed by atoms with Gasteiger partial charge < -0.3 is 5.32 Å². The average molecular weight is 320 g/mol. The number of rotatable bonds is 8. The fraction of sp³-hybridized carbons (Fsp3) is 0.500. The number of nitrogens with zero attached hydrogens (tertiary/aromatic N) is 5. The summed E-state index contributed by atoms with van der Waals surface area (Å²) in [5, 5.41) is 14.8. The van der Waals surface area contributed by atoms with Gasteiger partial charge in [-0.2, -0.15) is 0 Å². The molecule has 1 amide bonds. The number of unbranched alkanes of at least 4 members (excludes halogenated alkanes) is 1. The third kappa shape index (κ3) is 4.80. The summed E-state index contributed by atoms with van der Waals surface area (Å²) in [6, 6.07) is 3.88. The number of hydrogen-bond acceptors (Lipinski definition) is 6. The lowest BCUT2D eigenvalue weighted by Crippen LogP contribution is -2.30. The van der Waals surface area contributed by atoms with E-state index in [4.69, 9.17) is 0 Å². The first kappa shape index (κ1) is 16.4. The highest BCUT2D eigenvalue weighted by Crippen LogP contribution is 2.19. The molecule has 0 saturated heterocycles. The Labute approximate surface area is 133 Å². The lowest BCUT2D eigenvalue weighted by molar-refractivity contribution is -0.119. The summed E-state index contributed by atoms with van der Waals surface area (Å²) in [6.45, 7) is 2.14. The van der Waals surface area contributed by atoms with E-state index in [9.17, 15) is 4.79 Å². The van der Waals surface area contributed by atoms with Gasteiger partial charge in [-0.05, 0) is 28.5 Å². The van der Waals surface area contributed by atoms with Gasteiger partial charge in [0.1, 0.15) is 0 Å². The van der Waals surface area contributed by atoms with Gasteiger partial charge in [0.2, 0.25) is 11.1 Å². The summed E-state index contributed by atoms with van der Waals surface area (Å²) in [4.78, 5) is 16.3. The minimum atomic E-state index is -0.0297. The summed E-state index contributed by atoms with van der Waals surface area (Å²) < 4.78 is 1.55. The molecule has 0 bridgehead atoms. The van der Waals surface area contributed by atoms with Crippen molar-refractivity contribution >= 4 is 17.7 Å². The summed E-state index contributed by atoms with van der Waals surface area (Å²) in [6.07, 6.45) is 6.59. The van der Waals surface area contributed by atoms with E-state index in [0.717, 1.165) is 24.8 Å². The maximum absolute atomic E-state index is 12.2. The van der Waals surface area contributed by atoms with Crippen LogP contribution in [-0.2, 0) is 11.8 Å². The molecular formula is C14H20N6OS. The highest BCUT2D eigenvalue weighted by molar-refractivity contribution is 7.99. The number of carbonyl (C=O) groups is 1. The number of carbonyl (C=O) groups excluding carboxylic acids is 1. The van der Waals surface area contributed by atoms with Gasteiger partial charge in [0.05, 0.1) is 11.8 Å². The van der Waals surface area contributed by atoms with Gasteiger partial charge in [-0.1, -0.05) is 37.6 Å². The molecule has 0 fully saturated rings. The lowest BCUT2D eigenvalue weighted by Gasteiger charge is -2.18. The number of aryl methyl sites for hydroxylation is 1. The van der Waals surface area contributed by atoms with E-state index in [0.29, 0.717) is 5.16 Å². The maximum atomic E-state index is 12.2. The van der Waals surface area contributed by atoms with Gasteiger partial charge in [0.15, 0.2) is 0 Å². The summed E-state index contributed by atoms with van der Waals surface area (Å²) in [7, 11) is 1.75. The number of pyridine rings is 1. The molecule has 2 rings (SSSR count). The predicted molar refractivity (Wildman–Crippen MR) is 84.2 cm³/mol. The fourth-order valence-electron chi connectivity index (χ4n) is 2.02. The highest BCUT2D eigenvalue weighted by Gasteiger charge is 2.15. The Morgan fingerprint density at radius 1 is 1.50 bits per heavy atom. The van der Waals surface area contributed by atoms with Crippen molar-refractivity contribution in [1.82, 2.24) is 30.5 Å². The minimum Gasteiger partial charge on any atom is -0.349 e. The molecular weight excluding hydrogens is 300 g/mol. The Morgan fingerprint density at radius 2 is 2.36 bits per heavy atom. The molecule has 0 aliphatic rings. The zero-order valence-corrected chi connectivity index (χ0v) is 13.6. The molecule has 22 heavy (non-hydrogen) atoms. The van der Waals surface area contributed by atoms with Crippen molar-refractivity contribution in [3.8, 4) is 0 Å². The van der Waals surface area contributed by atoms with Crippen molar-refractivity contribution in [2.45, 2.75) is 37.4 Å². The smallest absolute Gasteiger partial charge is 0.230 e. The van der Waals surface area contributed by atoms with Crippen LogP contribution in [-0.4, -0.2) is 36.9 Å². The van der Waals surface area contributed by atoms with Crippen LogP contribution < -0.4 is 5.32 Å². The number of hydrogen-bond donors (Lipinski definition) is 1. The molecule has 2 aromatic heterocycles. The summed E-state index contributed by atoms with van der Waals surface area (Å²) >= 11 is 1.32. The third-order valence-electron chi connectivity index (χ3n) is 3.18. The SMILES string of the molecule is CCCCC(NC(=O)CSc1nnnn1C)c1cccnc1. The first-order valence-corrected chi connectivity index (χ1v) is 8.23. The molecule has 1 unspecified atom stereocenters. The Balaban J connectivity index is 1.91. The van der Waals surface area contributed by atoms with E-state index in [2.05, 4.69) is 32.7 Å². The van der Waals surface area contributed by atoms with Crippen LogP contribution in [0.2, 0.25) is 0 Å². The Kier molecular flexibility index (Phi) is 6.32. The second-order valence-electron chi connectivity index (χ2n) is 4.92. The molecule has 0 aromatic carbocycles. The number of aromatic nitrogens is 5. The van der Waals surface area contributed by atoms with Crippen LogP contribution in [0.15, 0.2) is 29.7 Å². The molecule has 0 aliphatic carbocycles. The zero-order valence-electron chi connectivity index (χ0n) is 12.8. The largest absolute Gasteiger partial charge is 0.349 e. The van der Waals surface area contributed by atoms with E-state index in [1.54, 1.807) is 24.1 Å². The third-order valence-corrected chi connectivity index (χ3v) is 4.19. The lowest BCUT2D eigenvalue weighted by atomic mass is 10.0. The minimum absolute atomic E-state index is 0.000582.